The minimum absolute atomic E-state index is 0.0689. The lowest BCUT2D eigenvalue weighted by Gasteiger charge is -2.36. The van der Waals surface area contributed by atoms with Crippen LogP contribution in [0.4, 0.5) is 0 Å². The summed E-state index contributed by atoms with van der Waals surface area (Å²) < 4.78 is 7.85. The number of aromatic nitrogens is 2. The standard InChI is InChI=1S/C24H31N3O2.C2H4O.C2H6/c1-2-19-21-20(15-23(16-25-22(21)28)10-12-29-13-11-23)27(26-19)17-24(8-9-24)14-18-6-4-3-5-7-18;1-2-3;1-2/h3-7H,2,8-17H2,1H3,(H,25,28);2-3H,1H2;1-2H3. The summed E-state index contributed by atoms with van der Waals surface area (Å²) >= 11 is 0. The zero-order chi connectivity index (χ0) is 24.6. The average molecular weight is 468 g/mol. The Hall–Kier alpha value is -2.60. The summed E-state index contributed by atoms with van der Waals surface area (Å²) in [5.74, 6) is 0.0689. The lowest BCUT2D eigenvalue weighted by atomic mass is 9.76. The Balaban J connectivity index is 0.000000603. The van der Waals surface area contributed by atoms with E-state index in [1.165, 1.54) is 18.4 Å². The first-order chi connectivity index (χ1) is 16.5. The molecule has 1 saturated heterocycles. The molecule has 6 nitrogen and oxygen atoms in total. The normalized spacial score (nSPS) is 19.3. The average Bonchev–Trinajstić information content (AvgIpc) is 3.56. The summed E-state index contributed by atoms with van der Waals surface area (Å²) in [6.07, 6.45) is 8.06. The molecule has 186 valence electrons. The van der Waals surface area contributed by atoms with Gasteiger partial charge in [0.2, 0.25) is 0 Å². The zero-order valence-electron chi connectivity index (χ0n) is 21.1. The van der Waals surface area contributed by atoms with Gasteiger partial charge in [0.15, 0.2) is 0 Å². The van der Waals surface area contributed by atoms with Crippen molar-refractivity contribution in [2.24, 2.45) is 10.8 Å². The molecular weight excluding hydrogens is 426 g/mol. The van der Waals surface area contributed by atoms with Crippen LogP contribution in [0.15, 0.2) is 43.2 Å². The van der Waals surface area contributed by atoms with E-state index in [1.807, 2.05) is 13.8 Å². The van der Waals surface area contributed by atoms with E-state index in [2.05, 4.69) is 53.8 Å². The molecule has 3 heterocycles. The summed E-state index contributed by atoms with van der Waals surface area (Å²) in [7, 11) is 0. The van der Waals surface area contributed by atoms with Gasteiger partial charge in [0.05, 0.1) is 23.2 Å². The van der Waals surface area contributed by atoms with Gasteiger partial charge in [0.1, 0.15) is 0 Å². The molecule has 2 aliphatic heterocycles. The van der Waals surface area contributed by atoms with Crippen LogP contribution < -0.4 is 5.32 Å². The van der Waals surface area contributed by atoms with E-state index in [9.17, 15) is 4.79 Å². The molecule has 0 unspecified atom stereocenters. The highest BCUT2D eigenvalue weighted by Gasteiger charge is 2.45. The monoisotopic (exact) mass is 467 g/mol. The van der Waals surface area contributed by atoms with Crippen molar-refractivity contribution in [3.05, 3.63) is 65.7 Å². The molecule has 5 rings (SSSR count). The molecule has 0 bridgehead atoms. The maximum absolute atomic E-state index is 13.0. The van der Waals surface area contributed by atoms with Crippen LogP contribution in [-0.4, -0.2) is 40.6 Å². The second-order valence-electron chi connectivity index (χ2n) is 9.60. The first-order valence-electron chi connectivity index (χ1n) is 12.8. The minimum Gasteiger partial charge on any atom is -0.516 e. The van der Waals surface area contributed by atoms with Gasteiger partial charge in [-0.05, 0) is 61.3 Å². The number of carbonyl (C=O) groups excluding carboxylic acids is 1. The number of fused-ring (bicyclic) bond motifs is 1. The highest BCUT2D eigenvalue weighted by atomic mass is 16.5. The molecule has 2 fully saturated rings. The number of hydrogen-bond acceptors (Lipinski definition) is 4. The fourth-order valence-electron chi connectivity index (χ4n) is 5.22. The van der Waals surface area contributed by atoms with Crippen molar-refractivity contribution in [3.8, 4) is 0 Å². The third-order valence-electron chi connectivity index (χ3n) is 7.28. The third kappa shape index (κ3) is 5.90. The summed E-state index contributed by atoms with van der Waals surface area (Å²) in [5.41, 5.74) is 4.77. The lowest BCUT2D eigenvalue weighted by molar-refractivity contribution is 0.0151. The molecule has 2 aromatic rings. The van der Waals surface area contributed by atoms with Crippen LogP contribution >= 0.6 is 0 Å². The smallest absolute Gasteiger partial charge is 0.255 e. The van der Waals surface area contributed by atoms with E-state index in [0.717, 1.165) is 81.6 Å². The Morgan fingerprint density at radius 3 is 2.41 bits per heavy atom. The number of nitrogens with one attached hydrogen (secondary N) is 1. The van der Waals surface area contributed by atoms with E-state index < -0.39 is 0 Å². The van der Waals surface area contributed by atoms with Crippen molar-refractivity contribution in [1.82, 2.24) is 15.1 Å². The zero-order valence-corrected chi connectivity index (χ0v) is 21.1. The molecule has 0 radical (unpaired) electrons. The summed E-state index contributed by atoms with van der Waals surface area (Å²) in [6, 6.07) is 10.8. The van der Waals surface area contributed by atoms with Crippen LogP contribution in [0, 0.1) is 10.8 Å². The van der Waals surface area contributed by atoms with Gasteiger partial charge in [-0.2, -0.15) is 5.10 Å². The van der Waals surface area contributed by atoms with Crippen LogP contribution in [0.25, 0.3) is 0 Å². The van der Waals surface area contributed by atoms with Crippen molar-refractivity contribution >= 4 is 5.91 Å². The number of rotatable bonds is 5. The molecule has 1 aromatic heterocycles. The topological polar surface area (TPSA) is 76.4 Å². The maximum atomic E-state index is 13.0. The molecule has 1 saturated carbocycles. The highest BCUT2D eigenvalue weighted by molar-refractivity contribution is 5.97. The first kappa shape index (κ1) is 26.0. The second-order valence-corrected chi connectivity index (χ2v) is 9.60. The predicted octanol–water partition coefficient (Wildman–Crippen LogP) is 5.27. The molecule has 34 heavy (non-hydrogen) atoms. The van der Waals surface area contributed by atoms with E-state index in [1.54, 1.807) is 0 Å². The van der Waals surface area contributed by atoms with Crippen LogP contribution in [0.5, 0.6) is 0 Å². The molecule has 1 aromatic carbocycles. The number of aliphatic hydroxyl groups excluding tert-OH is 1. The second kappa shape index (κ2) is 11.7. The van der Waals surface area contributed by atoms with Gasteiger partial charge >= 0.3 is 0 Å². The molecule has 0 atom stereocenters. The van der Waals surface area contributed by atoms with Crippen LogP contribution in [0.3, 0.4) is 0 Å². The van der Waals surface area contributed by atoms with Gasteiger partial charge < -0.3 is 15.2 Å². The van der Waals surface area contributed by atoms with Crippen LogP contribution in [0.2, 0.25) is 0 Å². The van der Waals surface area contributed by atoms with E-state index in [-0.39, 0.29) is 16.7 Å². The van der Waals surface area contributed by atoms with Crippen LogP contribution in [0.1, 0.15) is 73.8 Å². The molecule has 3 aliphatic rings. The van der Waals surface area contributed by atoms with E-state index in [0.29, 0.717) is 0 Å². The lowest BCUT2D eigenvalue weighted by Crippen LogP contribution is -2.41. The number of hydrogen-bond donors (Lipinski definition) is 2. The quantitative estimate of drug-likeness (QED) is 0.588. The number of aliphatic hydroxyl groups is 1. The maximum Gasteiger partial charge on any atom is 0.255 e. The van der Waals surface area contributed by atoms with Crippen molar-refractivity contribution < 1.29 is 14.6 Å². The fourth-order valence-corrected chi connectivity index (χ4v) is 5.22. The molecule has 1 aliphatic carbocycles. The van der Waals surface area contributed by atoms with Gasteiger partial charge in [-0.25, -0.2) is 0 Å². The highest BCUT2D eigenvalue weighted by Crippen LogP contribution is 2.50. The number of amides is 1. The summed E-state index contributed by atoms with van der Waals surface area (Å²) in [6.45, 7) is 12.3. The Labute approximate surface area is 204 Å². The molecular formula is C28H41N3O3. The van der Waals surface area contributed by atoms with Gasteiger partial charge in [-0.3, -0.25) is 9.48 Å². The van der Waals surface area contributed by atoms with Crippen molar-refractivity contribution in [2.75, 3.05) is 19.8 Å². The molecule has 2 N–H and O–H groups in total. The molecule has 1 spiro atoms. The van der Waals surface area contributed by atoms with Crippen molar-refractivity contribution in [2.45, 2.75) is 72.3 Å². The van der Waals surface area contributed by atoms with Gasteiger partial charge in [-0.1, -0.05) is 57.7 Å². The molecule has 6 heteroatoms. The minimum atomic E-state index is 0.0689. The number of carbonyl (C=O) groups is 1. The number of ether oxygens (including phenoxy) is 1. The summed E-state index contributed by atoms with van der Waals surface area (Å²) in [4.78, 5) is 13.0. The first-order valence-corrected chi connectivity index (χ1v) is 12.8. The Bertz CT molecular complexity index is 941. The van der Waals surface area contributed by atoms with Gasteiger partial charge in [0.25, 0.3) is 5.91 Å². The third-order valence-corrected chi connectivity index (χ3v) is 7.28. The number of nitrogens with zero attached hydrogens (tertiary/aromatic N) is 2. The SMILES string of the molecule is C=CO.CC.CCc1nn(CC2(Cc3ccccc3)CC2)c2c1C(=O)NCC1(CCOCC1)C2. The fraction of sp³-hybridized carbons (Fsp3) is 0.571. The molecule has 1 amide bonds. The van der Waals surface area contributed by atoms with Gasteiger partial charge in [0, 0.05) is 26.3 Å². The Morgan fingerprint density at radius 2 is 1.82 bits per heavy atom. The Morgan fingerprint density at radius 1 is 1.18 bits per heavy atom. The number of aryl methyl sites for hydroxylation is 1. The van der Waals surface area contributed by atoms with Crippen molar-refractivity contribution in [1.29, 1.82) is 0 Å². The Kier molecular flexibility index (Phi) is 8.95. The van der Waals surface area contributed by atoms with Crippen molar-refractivity contribution in [3.63, 3.8) is 0 Å². The van der Waals surface area contributed by atoms with Gasteiger partial charge in [-0.15, -0.1) is 0 Å². The predicted molar refractivity (Wildman–Crippen MR) is 136 cm³/mol. The number of benzene rings is 1. The van der Waals surface area contributed by atoms with E-state index >= 15 is 0 Å². The van der Waals surface area contributed by atoms with E-state index in [4.69, 9.17) is 14.9 Å². The van der Waals surface area contributed by atoms with Crippen LogP contribution in [-0.2, 0) is 30.5 Å². The summed E-state index contributed by atoms with van der Waals surface area (Å²) in [5, 5.41) is 15.5. The largest absolute Gasteiger partial charge is 0.516 e.